The van der Waals surface area contributed by atoms with Crippen molar-refractivity contribution in [2.75, 3.05) is 4.90 Å². The van der Waals surface area contributed by atoms with Gasteiger partial charge in [0.05, 0.1) is 16.5 Å². The number of anilines is 3. The second kappa shape index (κ2) is 15.6. The van der Waals surface area contributed by atoms with Crippen molar-refractivity contribution in [2.45, 2.75) is 116 Å². The third-order valence-electron chi connectivity index (χ3n) is 17.2. The highest BCUT2D eigenvalue weighted by Crippen LogP contribution is 2.67. The number of benzene rings is 9. The highest BCUT2D eigenvalue weighted by molar-refractivity contribution is 6.00. The molecule has 0 saturated heterocycles. The molecule has 2 spiro atoms. The minimum atomic E-state index is -0.661. The maximum Gasteiger partial charge on any atom is 0.132 e. The Morgan fingerprint density at radius 2 is 0.689 bits per heavy atom. The Bertz CT molecular complexity index is 3680. The van der Waals surface area contributed by atoms with E-state index in [1.165, 1.54) is 100 Å². The van der Waals surface area contributed by atoms with E-state index in [0.717, 1.165) is 28.6 Å². The minimum Gasteiger partial charge on any atom is -0.457 e. The van der Waals surface area contributed by atoms with E-state index in [1.807, 2.05) is 0 Å². The summed E-state index contributed by atoms with van der Waals surface area (Å²) >= 11 is 0. The Balaban J connectivity index is 1.12. The molecule has 4 aliphatic rings. The van der Waals surface area contributed by atoms with Gasteiger partial charge in [0.2, 0.25) is 0 Å². The van der Waals surface area contributed by atoms with Crippen LogP contribution in [0.3, 0.4) is 0 Å². The summed E-state index contributed by atoms with van der Waals surface area (Å²) in [5.41, 5.74) is 25.3. The minimum absolute atomic E-state index is 0.0378. The van der Waals surface area contributed by atoms with Gasteiger partial charge in [0.25, 0.3) is 0 Å². The lowest BCUT2D eigenvalue weighted by molar-refractivity contribution is 0.433. The predicted octanol–water partition coefficient (Wildman–Crippen LogP) is 19.2. The van der Waals surface area contributed by atoms with Gasteiger partial charge in [-0.3, -0.25) is 0 Å². The average molecular weight is 962 g/mol. The van der Waals surface area contributed by atoms with Gasteiger partial charge in [-0.2, -0.15) is 0 Å². The number of para-hydroxylation sites is 1. The second-order valence-corrected chi connectivity index (χ2v) is 25.7. The molecule has 0 fully saturated rings. The van der Waals surface area contributed by atoms with E-state index in [1.54, 1.807) is 0 Å². The zero-order chi connectivity index (χ0) is 51.5. The zero-order valence-electron chi connectivity index (χ0n) is 45.3. The topological polar surface area (TPSA) is 12.5 Å². The zero-order valence-corrected chi connectivity index (χ0v) is 45.3. The first-order chi connectivity index (χ1) is 35.2. The normalized spacial score (nSPS) is 15.1. The molecule has 74 heavy (non-hydrogen) atoms. The molecule has 366 valence electrons. The molecule has 2 nitrogen and oxygen atoms in total. The van der Waals surface area contributed by atoms with Crippen molar-refractivity contribution in [3.63, 3.8) is 0 Å². The lowest BCUT2D eigenvalue weighted by Gasteiger charge is -2.41. The fourth-order valence-electron chi connectivity index (χ4n) is 13.3. The molecule has 1 aliphatic heterocycles. The van der Waals surface area contributed by atoms with Gasteiger partial charge in [0.15, 0.2) is 0 Å². The molecule has 1 heterocycles. The van der Waals surface area contributed by atoms with Gasteiger partial charge in [-0.05, 0) is 160 Å². The lowest BCUT2D eigenvalue weighted by Crippen LogP contribution is -2.33. The maximum absolute atomic E-state index is 7.05. The van der Waals surface area contributed by atoms with Crippen LogP contribution in [-0.4, -0.2) is 0 Å². The number of hydrogen-bond donors (Lipinski definition) is 0. The first-order valence-corrected chi connectivity index (χ1v) is 26.8. The third kappa shape index (κ3) is 6.42. The summed E-state index contributed by atoms with van der Waals surface area (Å²) in [7, 11) is 0. The summed E-state index contributed by atoms with van der Waals surface area (Å²) in [4.78, 5) is 2.55. The molecule has 0 unspecified atom stereocenters. The average Bonchev–Trinajstić information content (AvgIpc) is 3.96. The monoisotopic (exact) mass is 962 g/mol. The molecule has 0 N–H and O–H groups in total. The van der Waals surface area contributed by atoms with Crippen LogP contribution < -0.4 is 9.64 Å². The summed E-state index contributed by atoms with van der Waals surface area (Å²) in [5, 5.41) is 0. The molecule has 0 saturated carbocycles. The van der Waals surface area contributed by atoms with Crippen LogP contribution >= 0.6 is 0 Å². The van der Waals surface area contributed by atoms with E-state index >= 15 is 0 Å². The molecule has 0 aromatic heterocycles. The van der Waals surface area contributed by atoms with Gasteiger partial charge in [-0.1, -0.05) is 217 Å². The fraction of sp³-hybridized carbons (Fsp3) is 0.250. The first kappa shape index (κ1) is 46.4. The van der Waals surface area contributed by atoms with Crippen LogP contribution in [0.1, 0.15) is 150 Å². The molecule has 0 bridgehead atoms. The van der Waals surface area contributed by atoms with E-state index < -0.39 is 10.8 Å². The van der Waals surface area contributed by atoms with Crippen molar-refractivity contribution < 1.29 is 4.74 Å². The summed E-state index contributed by atoms with van der Waals surface area (Å²) in [6, 6.07) is 72.6. The summed E-state index contributed by atoms with van der Waals surface area (Å²) in [5.74, 6) is 1.82. The molecule has 2 heteroatoms. The van der Waals surface area contributed by atoms with E-state index in [2.05, 4.69) is 276 Å². The Hall–Kier alpha value is -7.42. The molecule has 0 radical (unpaired) electrons. The third-order valence-corrected chi connectivity index (χ3v) is 17.2. The van der Waals surface area contributed by atoms with Crippen LogP contribution in [0.5, 0.6) is 11.5 Å². The molecule has 9 aromatic rings. The standard InChI is InChI=1S/C72H67NO/c1-67(2,3)44-29-34-51-52-35-30-45(68(4,5)6)40-59(52)72(58(51)39-44)55-25-18-16-23-50(55)53-36-33-49(43-60(53)72)73(48-21-14-13-15-22-48)63-28-20-27-57-66(63)54-24-17-19-26-56(54)71(57)61-41-46(69(7,8)9)31-37-64(61)74-65-38-32-47(42-62(65)71)70(10,11)12/h13-43H,1-12H3. The van der Waals surface area contributed by atoms with Gasteiger partial charge in [0.1, 0.15) is 11.5 Å². The van der Waals surface area contributed by atoms with E-state index in [0.29, 0.717) is 0 Å². The van der Waals surface area contributed by atoms with Gasteiger partial charge < -0.3 is 9.64 Å². The van der Waals surface area contributed by atoms with Crippen molar-refractivity contribution in [3.8, 4) is 44.9 Å². The Kier molecular flexibility index (Phi) is 9.75. The quantitative estimate of drug-likeness (QED) is 0.175. The lowest BCUT2D eigenvalue weighted by atomic mass is 9.64. The van der Waals surface area contributed by atoms with Gasteiger partial charge in [0, 0.05) is 28.1 Å². The molecule has 0 atom stereocenters. The van der Waals surface area contributed by atoms with Crippen LogP contribution in [0.15, 0.2) is 188 Å². The molecule has 13 rings (SSSR count). The summed E-state index contributed by atoms with van der Waals surface area (Å²) < 4.78 is 7.05. The van der Waals surface area contributed by atoms with E-state index in [9.17, 15) is 0 Å². The first-order valence-electron chi connectivity index (χ1n) is 26.8. The van der Waals surface area contributed by atoms with Crippen molar-refractivity contribution in [1.82, 2.24) is 0 Å². The van der Waals surface area contributed by atoms with Crippen LogP contribution in [0.25, 0.3) is 33.4 Å². The SMILES string of the molecule is CC(C)(C)c1ccc2c(c1)C1(c3cc(C(C)(C)C)ccc3O2)c2ccccc2-c2c(N(c3ccccc3)c3ccc4c(c3)C3(c5ccccc5-4)c4cc(C(C)(C)C)ccc4-c4ccc(C(C)(C)C)cc43)cccc21. The number of hydrogen-bond acceptors (Lipinski definition) is 2. The largest absolute Gasteiger partial charge is 0.457 e. The second-order valence-electron chi connectivity index (χ2n) is 25.7. The van der Waals surface area contributed by atoms with Gasteiger partial charge >= 0.3 is 0 Å². The van der Waals surface area contributed by atoms with Crippen LogP contribution in [0.4, 0.5) is 17.1 Å². The smallest absolute Gasteiger partial charge is 0.132 e. The highest BCUT2D eigenvalue weighted by atomic mass is 16.5. The Morgan fingerprint density at radius 3 is 1.22 bits per heavy atom. The number of nitrogens with zero attached hydrogens (tertiary/aromatic N) is 1. The van der Waals surface area contributed by atoms with Crippen LogP contribution in [0, 0.1) is 0 Å². The molecule has 9 aromatic carbocycles. The molecular formula is C72H67NO. The van der Waals surface area contributed by atoms with Crippen molar-refractivity contribution in [1.29, 1.82) is 0 Å². The van der Waals surface area contributed by atoms with Crippen LogP contribution in [0.2, 0.25) is 0 Å². The van der Waals surface area contributed by atoms with Crippen molar-refractivity contribution in [2.24, 2.45) is 0 Å². The highest BCUT2D eigenvalue weighted by Gasteiger charge is 2.55. The maximum atomic E-state index is 7.05. The number of fused-ring (bicyclic) bond motifs is 19. The van der Waals surface area contributed by atoms with Crippen molar-refractivity contribution in [3.05, 3.63) is 255 Å². The van der Waals surface area contributed by atoms with Crippen LogP contribution in [-0.2, 0) is 32.5 Å². The Labute approximate surface area is 439 Å². The molecule has 0 amide bonds. The summed E-state index contributed by atoms with van der Waals surface area (Å²) in [6.45, 7) is 28.0. The van der Waals surface area contributed by atoms with Gasteiger partial charge in [-0.25, -0.2) is 0 Å². The van der Waals surface area contributed by atoms with E-state index in [-0.39, 0.29) is 21.7 Å². The number of rotatable bonds is 3. The fourth-order valence-corrected chi connectivity index (χ4v) is 13.3. The van der Waals surface area contributed by atoms with E-state index in [4.69, 9.17) is 4.74 Å². The molecular weight excluding hydrogens is 895 g/mol. The predicted molar refractivity (Wildman–Crippen MR) is 310 cm³/mol. The number of ether oxygens (including phenoxy) is 1. The molecule has 3 aliphatic carbocycles. The van der Waals surface area contributed by atoms with Gasteiger partial charge in [-0.15, -0.1) is 0 Å². The van der Waals surface area contributed by atoms with Crippen molar-refractivity contribution >= 4 is 17.1 Å². The summed E-state index contributed by atoms with van der Waals surface area (Å²) in [6.07, 6.45) is 0. The Morgan fingerprint density at radius 1 is 0.297 bits per heavy atom.